The lowest BCUT2D eigenvalue weighted by Crippen LogP contribution is -2.71. The number of nitrogen functional groups attached to an aromatic ring is 1. The SMILES string of the molecule is CC(OC(=O)OC1CCCC1)OC(=O)C1=C(/C=C\c2cccnc2)CS[C@H]2[C@H](NC(=O)C(=NOC(c3ccccc3)(c3ccccc3)c3ccccc3)c3csc(N)n3)C(=O)N12. The molecule has 16 heteroatoms. The zero-order valence-corrected chi connectivity index (χ0v) is 35.1. The number of esters is 1. The van der Waals surface area contributed by atoms with Gasteiger partial charge in [0, 0.05) is 47.1 Å². The number of β-lactam (4-membered cyclic amide) rings is 1. The number of ether oxygens (including phenoxy) is 3. The van der Waals surface area contributed by atoms with Crippen LogP contribution in [-0.2, 0) is 39.0 Å². The molecule has 1 saturated heterocycles. The Hall–Kier alpha value is -6.78. The fourth-order valence-electron chi connectivity index (χ4n) is 7.57. The van der Waals surface area contributed by atoms with E-state index in [9.17, 15) is 19.2 Å². The molecule has 2 amide bonds. The lowest BCUT2D eigenvalue weighted by atomic mass is 9.80. The molecule has 3 atom stereocenters. The zero-order chi connectivity index (χ0) is 43.1. The molecule has 1 aliphatic carbocycles. The van der Waals surface area contributed by atoms with Crippen molar-refractivity contribution in [3.05, 3.63) is 166 Å². The summed E-state index contributed by atoms with van der Waals surface area (Å²) in [4.78, 5) is 71.5. The number of oxime groups is 1. The summed E-state index contributed by atoms with van der Waals surface area (Å²) in [6, 6.07) is 31.1. The first kappa shape index (κ1) is 41.9. The summed E-state index contributed by atoms with van der Waals surface area (Å²) in [5.41, 5.74) is 8.07. The van der Waals surface area contributed by atoms with Crippen molar-refractivity contribution in [2.75, 3.05) is 11.5 Å². The summed E-state index contributed by atoms with van der Waals surface area (Å²) < 4.78 is 16.2. The highest BCUT2D eigenvalue weighted by atomic mass is 32.2. The van der Waals surface area contributed by atoms with Crippen molar-refractivity contribution in [1.82, 2.24) is 20.2 Å². The molecular formula is C46H42N6O8S2. The van der Waals surface area contributed by atoms with Crippen molar-refractivity contribution >= 4 is 64.0 Å². The van der Waals surface area contributed by atoms with Gasteiger partial charge in [0.1, 0.15) is 28.9 Å². The molecule has 2 fully saturated rings. The first-order valence-corrected chi connectivity index (χ1v) is 21.9. The molecule has 62 heavy (non-hydrogen) atoms. The number of aromatic nitrogens is 2. The van der Waals surface area contributed by atoms with Crippen LogP contribution in [0.2, 0.25) is 0 Å². The second-order valence-electron chi connectivity index (χ2n) is 14.6. The summed E-state index contributed by atoms with van der Waals surface area (Å²) in [5, 5.41) is 8.46. The van der Waals surface area contributed by atoms with Gasteiger partial charge in [-0.05, 0) is 42.9 Å². The van der Waals surface area contributed by atoms with E-state index in [0.717, 1.165) is 59.3 Å². The number of amides is 2. The molecular weight excluding hydrogens is 829 g/mol. The molecule has 2 aliphatic heterocycles. The summed E-state index contributed by atoms with van der Waals surface area (Å²) >= 11 is 2.46. The van der Waals surface area contributed by atoms with Gasteiger partial charge in [0.05, 0.1) is 0 Å². The van der Waals surface area contributed by atoms with E-state index in [0.29, 0.717) is 5.57 Å². The molecule has 0 radical (unpaired) electrons. The van der Waals surface area contributed by atoms with Crippen molar-refractivity contribution in [2.24, 2.45) is 5.16 Å². The number of pyridine rings is 1. The first-order valence-electron chi connectivity index (χ1n) is 20.0. The van der Waals surface area contributed by atoms with Crippen LogP contribution in [0.5, 0.6) is 0 Å². The molecule has 3 N–H and O–H groups in total. The molecule has 14 nitrogen and oxygen atoms in total. The maximum Gasteiger partial charge on any atom is 0.511 e. The van der Waals surface area contributed by atoms with E-state index in [4.69, 9.17) is 24.8 Å². The van der Waals surface area contributed by atoms with Gasteiger partial charge in [0.2, 0.25) is 11.9 Å². The minimum absolute atomic E-state index is 0.0492. The number of nitrogens with zero attached hydrogens (tertiary/aromatic N) is 4. The van der Waals surface area contributed by atoms with E-state index in [1.165, 1.54) is 23.6 Å². The van der Waals surface area contributed by atoms with Crippen LogP contribution >= 0.6 is 23.1 Å². The van der Waals surface area contributed by atoms with E-state index >= 15 is 0 Å². The van der Waals surface area contributed by atoms with Crippen molar-refractivity contribution in [3.8, 4) is 0 Å². The van der Waals surface area contributed by atoms with E-state index in [2.05, 4.69) is 20.4 Å². The van der Waals surface area contributed by atoms with Crippen LogP contribution in [0.15, 0.2) is 143 Å². The second kappa shape index (κ2) is 18.9. The molecule has 1 saturated carbocycles. The van der Waals surface area contributed by atoms with Gasteiger partial charge in [0.15, 0.2) is 10.8 Å². The summed E-state index contributed by atoms with van der Waals surface area (Å²) in [6.45, 7) is 1.39. The quantitative estimate of drug-likeness (QED) is 0.0287. The Morgan fingerprint density at radius 1 is 0.903 bits per heavy atom. The number of hydrogen-bond acceptors (Lipinski definition) is 14. The van der Waals surface area contributed by atoms with Crippen LogP contribution in [0, 0.1) is 0 Å². The fourth-order valence-corrected chi connectivity index (χ4v) is 9.44. The van der Waals surface area contributed by atoms with Crippen LogP contribution in [0.4, 0.5) is 9.93 Å². The van der Waals surface area contributed by atoms with Crippen molar-refractivity contribution < 1.29 is 38.2 Å². The Morgan fingerprint density at radius 2 is 1.55 bits per heavy atom. The number of thiazole rings is 1. The van der Waals surface area contributed by atoms with Crippen LogP contribution in [0.3, 0.4) is 0 Å². The minimum atomic E-state index is -1.33. The number of allylic oxidation sites excluding steroid dienone is 1. The summed E-state index contributed by atoms with van der Waals surface area (Å²) in [6.07, 6.45) is 7.65. The van der Waals surface area contributed by atoms with Gasteiger partial charge in [-0.2, -0.15) is 0 Å². The summed E-state index contributed by atoms with van der Waals surface area (Å²) in [5.74, 6) is -1.96. The van der Waals surface area contributed by atoms with Crippen molar-refractivity contribution in [3.63, 3.8) is 0 Å². The van der Waals surface area contributed by atoms with Crippen LogP contribution in [0.1, 0.15) is 60.6 Å². The molecule has 3 aliphatic rings. The molecule has 4 heterocycles. The largest absolute Gasteiger partial charge is 0.511 e. The maximum absolute atomic E-state index is 14.5. The normalized spacial score (nSPS) is 18.4. The number of carbonyl (C=O) groups excluding carboxylic acids is 4. The predicted octanol–water partition coefficient (Wildman–Crippen LogP) is 7.19. The topological polar surface area (TPSA) is 185 Å². The Bertz CT molecular complexity index is 2400. The van der Waals surface area contributed by atoms with E-state index in [-0.39, 0.29) is 34.1 Å². The third kappa shape index (κ3) is 8.97. The molecule has 3 aromatic carbocycles. The second-order valence-corrected chi connectivity index (χ2v) is 16.6. The molecule has 2 aromatic heterocycles. The van der Waals surface area contributed by atoms with Gasteiger partial charge in [-0.1, -0.05) is 114 Å². The number of anilines is 1. The molecule has 0 spiro atoms. The number of benzene rings is 3. The van der Waals surface area contributed by atoms with Crippen molar-refractivity contribution in [1.29, 1.82) is 0 Å². The highest BCUT2D eigenvalue weighted by Gasteiger charge is 2.55. The number of thioether (sulfide) groups is 1. The number of hydrogen-bond donors (Lipinski definition) is 2. The monoisotopic (exact) mass is 870 g/mol. The number of nitrogens with one attached hydrogen (secondary N) is 1. The van der Waals surface area contributed by atoms with Crippen molar-refractivity contribution in [2.45, 2.75) is 62.0 Å². The van der Waals surface area contributed by atoms with Gasteiger partial charge in [-0.15, -0.1) is 23.1 Å². The third-order valence-corrected chi connectivity index (χ3v) is 12.5. The lowest BCUT2D eigenvalue weighted by molar-refractivity contribution is -0.169. The van der Waals surface area contributed by atoms with Crippen LogP contribution < -0.4 is 11.1 Å². The van der Waals surface area contributed by atoms with Gasteiger partial charge in [-0.25, -0.2) is 14.6 Å². The van der Waals surface area contributed by atoms with Crippen LogP contribution in [0.25, 0.3) is 6.08 Å². The number of nitrogens with two attached hydrogens (primary N) is 1. The molecule has 5 aromatic rings. The number of rotatable bonds is 14. The molecule has 1 unspecified atom stereocenters. The summed E-state index contributed by atoms with van der Waals surface area (Å²) in [7, 11) is 0. The third-order valence-electron chi connectivity index (χ3n) is 10.5. The van der Waals surface area contributed by atoms with Gasteiger partial charge in [0.25, 0.3) is 11.8 Å². The van der Waals surface area contributed by atoms with E-state index in [1.807, 2.05) is 97.1 Å². The maximum atomic E-state index is 14.5. The van der Waals surface area contributed by atoms with Gasteiger partial charge < -0.3 is 30.1 Å². The van der Waals surface area contributed by atoms with E-state index < -0.39 is 47.2 Å². The predicted molar refractivity (Wildman–Crippen MR) is 234 cm³/mol. The molecule has 8 rings (SSSR count). The standard InChI is InChI=1S/C46H42N6O8S2/c1-29(58-45(56)59-35-21-11-12-22-35)57-43(55)39-31(24-23-30-14-13-25-48-26-30)27-61-42-38(41(54)52(39)42)50-40(53)37(36-28-62-44(47)49-36)51-60-46(32-15-5-2-6-16-32,33-17-7-3-8-18-33)34-19-9-4-10-20-34/h2-10,13-20,23-26,28-29,35,38,42H,11-12,21-22,27H2,1H3,(H2,47,49)(H,50,53)/b24-23-,51-37?/t29?,38-,42+/m1/s1. The Kier molecular flexibility index (Phi) is 12.8. The molecule has 0 bridgehead atoms. The average molecular weight is 871 g/mol. The number of carbonyl (C=O) groups is 4. The minimum Gasteiger partial charge on any atom is -0.431 e. The lowest BCUT2D eigenvalue weighted by Gasteiger charge is -2.49. The Morgan fingerprint density at radius 3 is 2.13 bits per heavy atom. The molecule has 316 valence electrons. The Balaban J connectivity index is 1.08. The van der Waals surface area contributed by atoms with Crippen LogP contribution in [-0.4, -0.2) is 74.1 Å². The average Bonchev–Trinajstić information content (AvgIpc) is 3.98. The highest BCUT2D eigenvalue weighted by molar-refractivity contribution is 8.00. The van der Waals surface area contributed by atoms with Gasteiger partial charge >= 0.3 is 12.1 Å². The first-order chi connectivity index (χ1) is 30.2. The zero-order valence-electron chi connectivity index (χ0n) is 33.5. The van der Waals surface area contributed by atoms with Gasteiger partial charge in [-0.3, -0.25) is 19.5 Å². The van der Waals surface area contributed by atoms with E-state index in [1.54, 1.807) is 36.0 Å². The number of fused-ring (bicyclic) bond motifs is 1. The smallest absolute Gasteiger partial charge is 0.431 e. The fraction of sp³-hybridized carbons (Fsp3) is 0.239. The highest BCUT2D eigenvalue weighted by Crippen LogP contribution is 2.43. The Labute approximate surface area is 365 Å².